The SMILES string of the molecule is CN(C)CCc1nccc(CCN)n1. The lowest BCUT2D eigenvalue weighted by Crippen LogP contribution is -2.16. The van der Waals surface area contributed by atoms with Crippen LogP contribution in [0.4, 0.5) is 0 Å². The Morgan fingerprint density at radius 2 is 2.14 bits per heavy atom. The molecule has 0 aromatic carbocycles. The minimum absolute atomic E-state index is 0.643. The Morgan fingerprint density at radius 3 is 2.79 bits per heavy atom. The van der Waals surface area contributed by atoms with Gasteiger partial charge in [-0.3, -0.25) is 0 Å². The van der Waals surface area contributed by atoms with Gasteiger partial charge in [-0.25, -0.2) is 9.97 Å². The van der Waals surface area contributed by atoms with E-state index < -0.39 is 0 Å². The van der Waals surface area contributed by atoms with Crippen LogP contribution < -0.4 is 5.73 Å². The molecule has 0 fully saturated rings. The summed E-state index contributed by atoms with van der Waals surface area (Å²) in [5.74, 6) is 0.907. The molecule has 4 heteroatoms. The van der Waals surface area contributed by atoms with Crippen molar-refractivity contribution in [1.82, 2.24) is 14.9 Å². The topological polar surface area (TPSA) is 55.0 Å². The van der Waals surface area contributed by atoms with Crippen molar-refractivity contribution in [3.63, 3.8) is 0 Å². The quantitative estimate of drug-likeness (QED) is 0.721. The average molecular weight is 194 g/mol. The number of hydrogen-bond donors (Lipinski definition) is 1. The molecular weight excluding hydrogens is 176 g/mol. The highest BCUT2D eigenvalue weighted by Crippen LogP contribution is 1.97. The van der Waals surface area contributed by atoms with E-state index in [-0.39, 0.29) is 0 Å². The van der Waals surface area contributed by atoms with Gasteiger partial charge in [0, 0.05) is 31.3 Å². The number of nitrogens with zero attached hydrogens (tertiary/aromatic N) is 3. The van der Waals surface area contributed by atoms with Crippen LogP contribution in [0.2, 0.25) is 0 Å². The lowest BCUT2D eigenvalue weighted by molar-refractivity contribution is 0.409. The first-order valence-electron chi connectivity index (χ1n) is 4.88. The van der Waals surface area contributed by atoms with Crippen molar-refractivity contribution in [2.45, 2.75) is 12.8 Å². The summed E-state index contributed by atoms with van der Waals surface area (Å²) in [4.78, 5) is 10.8. The van der Waals surface area contributed by atoms with Gasteiger partial charge in [-0.1, -0.05) is 0 Å². The van der Waals surface area contributed by atoms with E-state index in [4.69, 9.17) is 5.73 Å². The van der Waals surface area contributed by atoms with Gasteiger partial charge in [0.15, 0.2) is 0 Å². The Kier molecular flexibility index (Phi) is 4.49. The summed E-state index contributed by atoms with van der Waals surface area (Å²) >= 11 is 0. The Bertz CT molecular complexity index is 273. The molecule has 0 saturated heterocycles. The standard InChI is InChI=1S/C10H18N4/c1-14(2)8-5-10-12-7-4-9(13-10)3-6-11/h4,7H,3,5-6,8,11H2,1-2H3. The fourth-order valence-corrected chi connectivity index (χ4v) is 1.17. The highest BCUT2D eigenvalue weighted by Gasteiger charge is 1.99. The predicted molar refractivity (Wildman–Crippen MR) is 57.0 cm³/mol. The molecule has 1 aromatic heterocycles. The summed E-state index contributed by atoms with van der Waals surface area (Å²) in [6, 6.07) is 1.92. The molecule has 0 unspecified atom stereocenters. The van der Waals surface area contributed by atoms with E-state index in [2.05, 4.69) is 14.9 Å². The average Bonchev–Trinajstić information content (AvgIpc) is 2.16. The summed E-state index contributed by atoms with van der Waals surface area (Å²) in [7, 11) is 4.09. The molecule has 1 aromatic rings. The lowest BCUT2D eigenvalue weighted by atomic mass is 10.3. The molecule has 1 rings (SSSR count). The molecule has 0 atom stereocenters. The molecule has 0 aliphatic rings. The van der Waals surface area contributed by atoms with Crippen molar-refractivity contribution in [3.05, 3.63) is 23.8 Å². The van der Waals surface area contributed by atoms with E-state index in [1.54, 1.807) is 0 Å². The summed E-state index contributed by atoms with van der Waals surface area (Å²) in [6.07, 6.45) is 3.53. The zero-order chi connectivity index (χ0) is 10.4. The Balaban J connectivity index is 2.54. The number of rotatable bonds is 5. The molecule has 4 nitrogen and oxygen atoms in total. The van der Waals surface area contributed by atoms with Gasteiger partial charge in [-0.2, -0.15) is 0 Å². The first-order chi connectivity index (χ1) is 6.72. The van der Waals surface area contributed by atoms with Crippen LogP contribution in [0.5, 0.6) is 0 Å². The van der Waals surface area contributed by atoms with E-state index in [1.165, 1.54) is 0 Å². The number of nitrogens with two attached hydrogens (primary N) is 1. The highest BCUT2D eigenvalue weighted by molar-refractivity contribution is 5.03. The number of likely N-dealkylation sites (N-methyl/N-ethyl adjacent to an activating group) is 1. The largest absolute Gasteiger partial charge is 0.330 e. The first-order valence-corrected chi connectivity index (χ1v) is 4.88. The van der Waals surface area contributed by atoms with Crippen LogP contribution in [-0.2, 0) is 12.8 Å². The summed E-state index contributed by atoms with van der Waals surface area (Å²) in [5, 5.41) is 0. The smallest absolute Gasteiger partial charge is 0.129 e. The third-order valence-corrected chi connectivity index (χ3v) is 1.95. The van der Waals surface area contributed by atoms with E-state index in [0.717, 1.165) is 30.9 Å². The first kappa shape index (κ1) is 11.1. The maximum Gasteiger partial charge on any atom is 0.129 e. The van der Waals surface area contributed by atoms with Crippen LogP contribution in [0.3, 0.4) is 0 Å². The third-order valence-electron chi connectivity index (χ3n) is 1.95. The second kappa shape index (κ2) is 5.67. The van der Waals surface area contributed by atoms with E-state index in [9.17, 15) is 0 Å². The molecule has 14 heavy (non-hydrogen) atoms. The molecule has 0 saturated carbocycles. The van der Waals surface area contributed by atoms with Gasteiger partial charge in [0.05, 0.1) is 0 Å². The van der Waals surface area contributed by atoms with Crippen LogP contribution in [-0.4, -0.2) is 42.1 Å². The molecule has 0 aliphatic heterocycles. The van der Waals surface area contributed by atoms with Crippen molar-refractivity contribution in [1.29, 1.82) is 0 Å². The number of hydrogen-bond acceptors (Lipinski definition) is 4. The van der Waals surface area contributed by atoms with Crippen LogP contribution in [0, 0.1) is 0 Å². The van der Waals surface area contributed by atoms with Gasteiger partial charge in [0.25, 0.3) is 0 Å². The minimum atomic E-state index is 0.643. The van der Waals surface area contributed by atoms with Gasteiger partial charge in [-0.05, 0) is 26.7 Å². The van der Waals surface area contributed by atoms with E-state index in [0.29, 0.717) is 6.54 Å². The zero-order valence-electron chi connectivity index (χ0n) is 8.90. The lowest BCUT2D eigenvalue weighted by Gasteiger charge is -2.08. The molecule has 0 spiro atoms. The van der Waals surface area contributed by atoms with Gasteiger partial charge < -0.3 is 10.6 Å². The third kappa shape index (κ3) is 3.81. The van der Waals surface area contributed by atoms with Gasteiger partial charge in [0.1, 0.15) is 5.82 Å². The Morgan fingerprint density at radius 1 is 1.36 bits per heavy atom. The van der Waals surface area contributed by atoms with Crippen LogP contribution in [0.25, 0.3) is 0 Å². The van der Waals surface area contributed by atoms with Crippen molar-refractivity contribution >= 4 is 0 Å². The highest BCUT2D eigenvalue weighted by atomic mass is 15.1. The van der Waals surface area contributed by atoms with Crippen LogP contribution >= 0.6 is 0 Å². The van der Waals surface area contributed by atoms with Crippen LogP contribution in [0.15, 0.2) is 12.3 Å². The summed E-state index contributed by atoms with van der Waals surface area (Å²) in [6.45, 7) is 1.62. The molecular formula is C10H18N4. The Hall–Kier alpha value is -1.00. The second-order valence-corrected chi connectivity index (χ2v) is 3.56. The van der Waals surface area contributed by atoms with Crippen molar-refractivity contribution < 1.29 is 0 Å². The van der Waals surface area contributed by atoms with Gasteiger partial charge in [0.2, 0.25) is 0 Å². The van der Waals surface area contributed by atoms with Gasteiger partial charge in [-0.15, -0.1) is 0 Å². The normalized spacial score (nSPS) is 10.9. The van der Waals surface area contributed by atoms with E-state index in [1.807, 2.05) is 26.4 Å². The molecule has 2 N–H and O–H groups in total. The minimum Gasteiger partial charge on any atom is -0.330 e. The van der Waals surface area contributed by atoms with Crippen LogP contribution in [0.1, 0.15) is 11.5 Å². The molecule has 0 amide bonds. The summed E-state index contributed by atoms with van der Waals surface area (Å²) in [5.41, 5.74) is 6.50. The fraction of sp³-hybridized carbons (Fsp3) is 0.600. The van der Waals surface area contributed by atoms with Gasteiger partial charge >= 0.3 is 0 Å². The Labute approximate surface area is 85.2 Å². The predicted octanol–water partition coefficient (Wildman–Crippen LogP) is 0.0819. The maximum atomic E-state index is 5.46. The zero-order valence-corrected chi connectivity index (χ0v) is 8.90. The molecule has 78 valence electrons. The maximum absolute atomic E-state index is 5.46. The monoisotopic (exact) mass is 194 g/mol. The molecule has 1 heterocycles. The fourth-order valence-electron chi connectivity index (χ4n) is 1.17. The molecule has 0 radical (unpaired) electrons. The molecule has 0 aliphatic carbocycles. The number of aromatic nitrogens is 2. The second-order valence-electron chi connectivity index (χ2n) is 3.56. The van der Waals surface area contributed by atoms with Crippen molar-refractivity contribution in [2.24, 2.45) is 5.73 Å². The van der Waals surface area contributed by atoms with E-state index >= 15 is 0 Å². The molecule has 0 bridgehead atoms. The summed E-state index contributed by atoms with van der Waals surface area (Å²) < 4.78 is 0. The van der Waals surface area contributed by atoms with Crippen molar-refractivity contribution in [2.75, 3.05) is 27.2 Å². The van der Waals surface area contributed by atoms with Crippen molar-refractivity contribution in [3.8, 4) is 0 Å².